The number of hydrogen-bond donors (Lipinski definition) is 0. The van der Waals surface area contributed by atoms with E-state index in [4.69, 9.17) is 4.74 Å². The summed E-state index contributed by atoms with van der Waals surface area (Å²) < 4.78 is 15.7. The molecular formula is C15H15O2S+. The molecule has 0 aliphatic rings. The molecule has 0 heterocycles. The van der Waals surface area contributed by atoms with Gasteiger partial charge < -0.3 is 4.74 Å². The normalized spacial score (nSPS) is 10.1. The lowest BCUT2D eigenvalue weighted by molar-refractivity contribution is 0.414. The van der Waals surface area contributed by atoms with E-state index in [9.17, 15) is 4.21 Å². The van der Waals surface area contributed by atoms with Crippen LogP contribution in [-0.4, -0.2) is 7.11 Å². The molecule has 0 aromatic heterocycles. The first-order valence-corrected chi connectivity index (χ1v) is 6.68. The molecule has 92 valence electrons. The summed E-state index contributed by atoms with van der Waals surface area (Å²) in [5, 5.41) is 0. The second-order valence-electron chi connectivity index (χ2n) is 4.11. The summed E-state index contributed by atoms with van der Waals surface area (Å²) in [5.74, 6) is 1.39. The summed E-state index contributed by atoms with van der Waals surface area (Å²) in [4.78, 5) is 0. The smallest absolute Gasteiger partial charge is 0.463 e. The van der Waals surface area contributed by atoms with Crippen LogP contribution in [0.15, 0.2) is 48.5 Å². The van der Waals surface area contributed by atoms with Crippen LogP contribution in [-0.2, 0) is 28.0 Å². The van der Waals surface area contributed by atoms with Gasteiger partial charge in [0.25, 0.3) is 5.75 Å². The molecule has 0 spiro atoms. The first kappa shape index (κ1) is 12.7. The molecule has 0 radical (unpaired) electrons. The molecule has 0 aliphatic carbocycles. The molecule has 0 fully saturated rings. The van der Waals surface area contributed by atoms with E-state index < -0.39 is 0 Å². The quantitative estimate of drug-likeness (QED) is 0.771. The van der Waals surface area contributed by atoms with E-state index in [0.29, 0.717) is 17.4 Å². The minimum Gasteiger partial charge on any atom is -0.497 e. The predicted octanol–water partition coefficient (Wildman–Crippen LogP) is 3.21. The third-order valence-electron chi connectivity index (χ3n) is 2.78. The van der Waals surface area contributed by atoms with Crippen molar-refractivity contribution in [2.45, 2.75) is 12.2 Å². The zero-order valence-corrected chi connectivity index (χ0v) is 11.1. The number of benzene rings is 2. The maximum absolute atomic E-state index is 10.5. The van der Waals surface area contributed by atoms with Crippen molar-refractivity contribution >= 4 is 11.7 Å². The molecule has 0 aliphatic heterocycles. The van der Waals surface area contributed by atoms with Crippen LogP contribution >= 0.6 is 0 Å². The molecule has 0 saturated carbocycles. The highest BCUT2D eigenvalue weighted by Crippen LogP contribution is 2.15. The molecule has 0 N–H and O–H groups in total. The monoisotopic (exact) mass is 259 g/mol. The van der Waals surface area contributed by atoms with Gasteiger partial charge in [-0.3, -0.25) is 0 Å². The molecule has 2 nitrogen and oxygen atoms in total. The molecule has 0 unspecified atom stereocenters. The average molecular weight is 259 g/mol. The SMILES string of the molecule is COc1ccc(Cc2cccc(C[S+]=O)c2)cc1. The van der Waals surface area contributed by atoms with Crippen LogP contribution in [0.4, 0.5) is 0 Å². The van der Waals surface area contributed by atoms with E-state index in [2.05, 4.69) is 24.3 Å². The molecule has 2 rings (SSSR count). The lowest BCUT2D eigenvalue weighted by Gasteiger charge is -2.04. The van der Waals surface area contributed by atoms with E-state index >= 15 is 0 Å². The average Bonchev–Trinajstić information content (AvgIpc) is 2.40. The van der Waals surface area contributed by atoms with Gasteiger partial charge in [-0.1, -0.05) is 30.3 Å². The Balaban J connectivity index is 2.12. The second kappa shape index (κ2) is 6.26. The van der Waals surface area contributed by atoms with Gasteiger partial charge in [-0.15, -0.1) is 0 Å². The largest absolute Gasteiger partial charge is 0.497 e. The Hall–Kier alpha value is -1.74. The van der Waals surface area contributed by atoms with E-state index in [1.807, 2.05) is 24.3 Å². The van der Waals surface area contributed by atoms with E-state index in [-0.39, 0.29) is 0 Å². The van der Waals surface area contributed by atoms with Gasteiger partial charge in [-0.25, -0.2) is 0 Å². The lowest BCUT2D eigenvalue weighted by atomic mass is 10.0. The summed E-state index contributed by atoms with van der Waals surface area (Å²) in [6.45, 7) is 0. The molecule has 0 amide bonds. The van der Waals surface area contributed by atoms with Crippen LogP contribution in [0, 0.1) is 0 Å². The molecule has 0 bridgehead atoms. The van der Waals surface area contributed by atoms with Crippen molar-refractivity contribution in [3.8, 4) is 5.75 Å². The predicted molar refractivity (Wildman–Crippen MR) is 74.0 cm³/mol. The maximum atomic E-state index is 10.5. The molecule has 2 aromatic carbocycles. The van der Waals surface area contributed by atoms with E-state index in [1.54, 1.807) is 7.11 Å². The Morgan fingerprint density at radius 1 is 1.00 bits per heavy atom. The Morgan fingerprint density at radius 3 is 2.39 bits per heavy atom. The van der Waals surface area contributed by atoms with Crippen molar-refractivity contribution in [3.63, 3.8) is 0 Å². The zero-order chi connectivity index (χ0) is 12.8. The van der Waals surface area contributed by atoms with Gasteiger partial charge in [0.2, 0.25) is 0 Å². The van der Waals surface area contributed by atoms with Gasteiger partial charge >= 0.3 is 11.7 Å². The first-order chi connectivity index (χ1) is 8.81. The minimum atomic E-state index is 0.524. The van der Waals surface area contributed by atoms with Gasteiger partial charge in [-0.05, 0) is 35.7 Å². The second-order valence-corrected chi connectivity index (χ2v) is 4.63. The summed E-state index contributed by atoms with van der Waals surface area (Å²) in [5.41, 5.74) is 3.55. The lowest BCUT2D eigenvalue weighted by Crippen LogP contribution is -1.91. The fourth-order valence-corrected chi connectivity index (χ4v) is 2.19. The molecule has 0 saturated heterocycles. The number of rotatable bonds is 5. The van der Waals surface area contributed by atoms with Gasteiger partial charge in [0.05, 0.1) is 7.11 Å². The molecule has 3 heteroatoms. The molecule has 18 heavy (non-hydrogen) atoms. The fourth-order valence-electron chi connectivity index (χ4n) is 1.88. The van der Waals surface area contributed by atoms with Gasteiger partial charge in [0.1, 0.15) is 5.75 Å². The minimum absolute atomic E-state index is 0.524. The topological polar surface area (TPSA) is 26.3 Å². The van der Waals surface area contributed by atoms with Crippen LogP contribution in [0.2, 0.25) is 0 Å². The highest BCUT2D eigenvalue weighted by Gasteiger charge is 2.04. The van der Waals surface area contributed by atoms with Crippen molar-refractivity contribution in [2.24, 2.45) is 0 Å². The van der Waals surface area contributed by atoms with Crippen LogP contribution in [0.25, 0.3) is 0 Å². The molecule has 2 aromatic rings. The van der Waals surface area contributed by atoms with E-state index in [1.165, 1.54) is 11.1 Å². The van der Waals surface area contributed by atoms with Crippen molar-refractivity contribution in [2.75, 3.05) is 7.11 Å². The van der Waals surface area contributed by atoms with Crippen LogP contribution in [0.5, 0.6) is 5.75 Å². The first-order valence-electron chi connectivity index (χ1n) is 5.77. The van der Waals surface area contributed by atoms with Crippen LogP contribution < -0.4 is 4.74 Å². The standard InChI is InChI=1S/C15H15O2S/c1-17-15-7-5-12(6-8-15)9-13-3-2-4-14(10-13)11-18-16/h2-8,10H,9,11H2,1H3/q+1. The Kier molecular flexibility index (Phi) is 4.42. The summed E-state index contributed by atoms with van der Waals surface area (Å²) in [7, 11) is 1.67. The highest BCUT2D eigenvalue weighted by atomic mass is 32.1. The Bertz CT molecular complexity index is 520. The van der Waals surface area contributed by atoms with Gasteiger partial charge in [0, 0.05) is 9.77 Å². The van der Waals surface area contributed by atoms with Crippen LogP contribution in [0.3, 0.4) is 0 Å². The third-order valence-corrected chi connectivity index (χ3v) is 3.24. The number of hydrogen-bond acceptors (Lipinski definition) is 2. The number of ether oxygens (including phenoxy) is 1. The summed E-state index contributed by atoms with van der Waals surface area (Å²) in [6, 6.07) is 16.2. The highest BCUT2D eigenvalue weighted by molar-refractivity contribution is 7.64. The van der Waals surface area contributed by atoms with Crippen molar-refractivity contribution in [3.05, 3.63) is 65.2 Å². The third kappa shape index (κ3) is 3.37. The van der Waals surface area contributed by atoms with E-state index in [0.717, 1.165) is 17.7 Å². The summed E-state index contributed by atoms with van der Waals surface area (Å²) in [6.07, 6.45) is 0.876. The van der Waals surface area contributed by atoms with Crippen molar-refractivity contribution in [1.82, 2.24) is 0 Å². The zero-order valence-electron chi connectivity index (χ0n) is 10.3. The molecule has 0 atom stereocenters. The summed E-state index contributed by atoms with van der Waals surface area (Å²) >= 11 is 0.608. The maximum Gasteiger partial charge on any atom is 0.463 e. The van der Waals surface area contributed by atoms with Crippen molar-refractivity contribution in [1.29, 1.82) is 0 Å². The number of methoxy groups -OCH3 is 1. The van der Waals surface area contributed by atoms with Crippen molar-refractivity contribution < 1.29 is 8.95 Å². The Labute approximate surface area is 111 Å². The Morgan fingerprint density at radius 2 is 1.72 bits per heavy atom. The van der Waals surface area contributed by atoms with Gasteiger partial charge in [-0.2, -0.15) is 0 Å². The van der Waals surface area contributed by atoms with Gasteiger partial charge in [0.15, 0.2) is 0 Å². The fraction of sp³-hybridized carbons (Fsp3) is 0.200. The van der Waals surface area contributed by atoms with Crippen LogP contribution in [0.1, 0.15) is 16.7 Å². The molecular weight excluding hydrogens is 244 g/mol.